The van der Waals surface area contributed by atoms with Gasteiger partial charge in [-0.1, -0.05) is 18.2 Å². The van der Waals surface area contributed by atoms with E-state index in [4.69, 9.17) is 9.47 Å². The molecule has 2 aromatic carbocycles. The lowest BCUT2D eigenvalue weighted by Crippen LogP contribution is -2.33. The highest BCUT2D eigenvalue weighted by Crippen LogP contribution is 2.41. The average molecular weight is 343 g/mol. The van der Waals surface area contributed by atoms with Gasteiger partial charge >= 0.3 is 0 Å². The van der Waals surface area contributed by atoms with Gasteiger partial charge in [0.2, 0.25) is 0 Å². The van der Waals surface area contributed by atoms with Gasteiger partial charge in [0.05, 0.1) is 14.2 Å². The zero-order chi connectivity index (χ0) is 17.8. The van der Waals surface area contributed by atoms with Crippen LogP contribution in [0.25, 0.3) is 0 Å². The minimum atomic E-state index is -0.153. The fourth-order valence-corrected chi connectivity index (χ4v) is 2.86. The van der Waals surface area contributed by atoms with Gasteiger partial charge in [-0.2, -0.15) is 0 Å². The molecule has 1 aliphatic rings. The number of hydrogen-bond acceptors (Lipinski definition) is 3. The Labute approximate surface area is 146 Å². The van der Waals surface area contributed by atoms with Gasteiger partial charge in [0.25, 0.3) is 0 Å². The van der Waals surface area contributed by atoms with Crippen molar-refractivity contribution in [3.8, 4) is 11.5 Å². The number of rotatable bonds is 5. The largest absolute Gasteiger partial charge is 0.493 e. The molecule has 0 bridgehead atoms. The highest BCUT2D eigenvalue weighted by atomic mass is 19.1. The van der Waals surface area contributed by atoms with Gasteiger partial charge in [-0.25, -0.2) is 4.39 Å². The van der Waals surface area contributed by atoms with E-state index in [2.05, 4.69) is 15.6 Å². The van der Waals surface area contributed by atoms with E-state index in [9.17, 15) is 4.39 Å². The molecule has 0 amide bonds. The van der Waals surface area contributed by atoms with Crippen molar-refractivity contribution in [3.05, 3.63) is 53.8 Å². The van der Waals surface area contributed by atoms with Crippen LogP contribution in [-0.4, -0.2) is 33.3 Å². The molecule has 2 aromatic rings. The number of methoxy groups -OCH3 is 2. The predicted molar refractivity (Wildman–Crippen MR) is 97.2 cm³/mol. The molecule has 0 radical (unpaired) electrons. The quantitative estimate of drug-likeness (QED) is 0.645. The van der Waals surface area contributed by atoms with Gasteiger partial charge in [-0.15, -0.1) is 0 Å². The molecule has 1 fully saturated rings. The maximum Gasteiger partial charge on any atom is 0.195 e. The number of anilines is 1. The summed E-state index contributed by atoms with van der Waals surface area (Å²) in [6.45, 7) is 0. The topological polar surface area (TPSA) is 54.9 Å². The van der Waals surface area contributed by atoms with Crippen LogP contribution in [-0.2, 0) is 0 Å². The lowest BCUT2D eigenvalue weighted by atomic mass is 10.1. The van der Waals surface area contributed by atoms with Gasteiger partial charge in [0.15, 0.2) is 17.5 Å². The summed E-state index contributed by atoms with van der Waals surface area (Å²) in [5.41, 5.74) is 1.58. The summed E-state index contributed by atoms with van der Waals surface area (Å²) in [4.78, 5) is 4.24. The third-order valence-corrected chi connectivity index (χ3v) is 4.29. The molecule has 1 saturated carbocycles. The molecule has 5 nitrogen and oxygen atoms in total. The van der Waals surface area contributed by atoms with Crippen molar-refractivity contribution < 1.29 is 13.9 Å². The summed E-state index contributed by atoms with van der Waals surface area (Å²) in [6, 6.07) is 12.6. The molecule has 6 heteroatoms. The van der Waals surface area contributed by atoms with Gasteiger partial charge in [-0.05, 0) is 30.2 Å². The van der Waals surface area contributed by atoms with E-state index in [1.807, 2.05) is 30.3 Å². The Morgan fingerprint density at radius 3 is 2.56 bits per heavy atom. The second kappa shape index (κ2) is 7.42. The number of hydrogen-bond donors (Lipinski definition) is 2. The Kier molecular flexibility index (Phi) is 5.07. The Bertz CT molecular complexity index is 779. The Hall–Kier alpha value is -2.76. The van der Waals surface area contributed by atoms with Crippen molar-refractivity contribution in [2.24, 2.45) is 4.99 Å². The first kappa shape index (κ1) is 17.1. The third kappa shape index (κ3) is 3.84. The molecule has 0 aromatic heterocycles. The van der Waals surface area contributed by atoms with E-state index in [-0.39, 0.29) is 17.8 Å². The zero-order valence-electron chi connectivity index (χ0n) is 14.5. The van der Waals surface area contributed by atoms with Crippen molar-refractivity contribution in [1.82, 2.24) is 5.32 Å². The van der Waals surface area contributed by atoms with E-state index < -0.39 is 0 Å². The van der Waals surface area contributed by atoms with Crippen molar-refractivity contribution in [1.29, 1.82) is 0 Å². The number of ether oxygens (including phenoxy) is 2. The number of benzene rings is 2. The summed E-state index contributed by atoms with van der Waals surface area (Å²) in [5.74, 6) is 1.96. The van der Waals surface area contributed by atoms with Gasteiger partial charge in [0.1, 0.15) is 5.82 Å². The van der Waals surface area contributed by atoms with Crippen LogP contribution in [0.1, 0.15) is 17.9 Å². The van der Waals surface area contributed by atoms with E-state index in [1.54, 1.807) is 27.3 Å². The number of nitrogens with one attached hydrogen (secondary N) is 2. The molecule has 0 saturated heterocycles. The Morgan fingerprint density at radius 1 is 1.12 bits per heavy atom. The second-order valence-electron chi connectivity index (χ2n) is 5.88. The molecular weight excluding hydrogens is 321 g/mol. The highest BCUT2D eigenvalue weighted by molar-refractivity contribution is 5.94. The summed E-state index contributed by atoms with van der Waals surface area (Å²) in [7, 11) is 4.90. The van der Waals surface area contributed by atoms with Gasteiger partial charge in [-0.3, -0.25) is 4.99 Å². The number of guanidine groups is 1. The fraction of sp³-hybridized carbons (Fsp3) is 0.316. The van der Waals surface area contributed by atoms with Gasteiger partial charge < -0.3 is 20.1 Å². The van der Waals surface area contributed by atoms with Crippen molar-refractivity contribution in [2.75, 3.05) is 26.6 Å². The molecule has 2 N–H and O–H groups in total. The monoisotopic (exact) mass is 343 g/mol. The SMILES string of the molecule is CN=C(Nc1ccc(OC)c(OC)c1)NC1CC1c1ccccc1F. The molecule has 0 aliphatic heterocycles. The van der Waals surface area contributed by atoms with Crippen LogP contribution in [0.15, 0.2) is 47.5 Å². The summed E-state index contributed by atoms with van der Waals surface area (Å²) in [5, 5.41) is 6.55. The molecule has 2 atom stereocenters. The summed E-state index contributed by atoms with van der Waals surface area (Å²) < 4.78 is 24.4. The second-order valence-corrected chi connectivity index (χ2v) is 5.88. The maximum absolute atomic E-state index is 13.9. The minimum Gasteiger partial charge on any atom is -0.493 e. The number of aliphatic imine (C=N–C) groups is 1. The van der Waals surface area contributed by atoms with E-state index >= 15 is 0 Å². The summed E-state index contributed by atoms with van der Waals surface area (Å²) in [6.07, 6.45) is 0.883. The van der Waals surface area contributed by atoms with E-state index in [1.165, 1.54) is 6.07 Å². The van der Waals surface area contributed by atoms with Crippen LogP contribution in [0.5, 0.6) is 11.5 Å². The zero-order valence-corrected chi connectivity index (χ0v) is 14.5. The number of halogens is 1. The lowest BCUT2D eigenvalue weighted by Gasteiger charge is -2.14. The van der Waals surface area contributed by atoms with Gasteiger partial charge in [0, 0.05) is 30.8 Å². The van der Waals surface area contributed by atoms with Crippen molar-refractivity contribution in [2.45, 2.75) is 18.4 Å². The molecular formula is C19H22FN3O2. The first-order valence-electron chi connectivity index (χ1n) is 8.13. The van der Waals surface area contributed by atoms with E-state index in [0.29, 0.717) is 17.5 Å². The molecule has 3 rings (SSSR count). The smallest absolute Gasteiger partial charge is 0.195 e. The third-order valence-electron chi connectivity index (χ3n) is 4.29. The standard InChI is InChI=1S/C19H22FN3O2/c1-21-19(22-12-8-9-17(24-2)18(10-12)25-3)23-16-11-14(16)13-6-4-5-7-15(13)20/h4-10,14,16H,11H2,1-3H3,(H2,21,22,23). The van der Waals surface area contributed by atoms with Crippen LogP contribution in [0.2, 0.25) is 0 Å². The van der Waals surface area contributed by atoms with Crippen molar-refractivity contribution >= 4 is 11.6 Å². The fourth-order valence-electron chi connectivity index (χ4n) is 2.86. The van der Waals surface area contributed by atoms with Crippen LogP contribution in [0, 0.1) is 5.82 Å². The van der Waals surface area contributed by atoms with Crippen LogP contribution in [0.3, 0.4) is 0 Å². The van der Waals surface area contributed by atoms with Crippen LogP contribution in [0.4, 0.5) is 10.1 Å². The minimum absolute atomic E-state index is 0.153. The Morgan fingerprint density at radius 2 is 1.88 bits per heavy atom. The normalized spacial score (nSPS) is 19.3. The average Bonchev–Trinajstić information content (AvgIpc) is 3.40. The summed E-state index contributed by atoms with van der Waals surface area (Å²) >= 11 is 0. The molecule has 25 heavy (non-hydrogen) atoms. The number of nitrogens with zero attached hydrogens (tertiary/aromatic N) is 1. The molecule has 2 unspecified atom stereocenters. The molecule has 1 aliphatic carbocycles. The van der Waals surface area contributed by atoms with Crippen LogP contribution >= 0.6 is 0 Å². The van der Waals surface area contributed by atoms with Crippen molar-refractivity contribution in [3.63, 3.8) is 0 Å². The lowest BCUT2D eigenvalue weighted by molar-refractivity contribution is 0.355. The van der Waals surface area contributed by atoms with E-state index in [0.717, 1.165) is 17.7 Å². The molecule has 132 valence electrons. The molecule has 0 spiro atoms. The maximum atomic E-state index is 13.9. The Balaban J connectivity index is 1.64. The first-order valence-corrected chi connectivity index (χ1v) is 8.13. The van der Waals surface area contributed by atoms with Crippen LogP contribution < -0.4 is 20.1 Å². The highest BCUT2D eigenvalue weighted by Gasteiger charge is 2.40. The predicted octanol–water partition coefficient (Wildman–Crippen LogP) is 3.39. The first-order chi connectivity index (χ1) is 12.2. The molecule has 0 heterocycles.